The van der Waals surface area contributed by atoms with Crippen LogP contribution in [-0.4, -0.2) is 34.6 Å². The van der Waals surface area contributed by atoms with E-state index in [1.54, 1.807) is 0 Å². The van der Waals surface area contributed by atoms with Crippen molar-refractivity contribution in [3.63, 3.8) is 0 Å². The van der Waals surface area contributed by atoms with Gasteiger partial charge in [-0.2, -0.15) is 0 Å². The van der Waals surface area contributed by atoms with E-state index in [1.165, 1.54) is 20.8 Å². The van der Waals surface area contributed by atoms with Crippen LogP contribution >= 0.6 is 0 Å². The first-order valence-corrected chi connectivity index (χ1v) is 5.77. The number of hydrogen-bond donors (Lipinski definition) is 1. The lowest BCUT2D eigenvalue weighted by Crippen LogP contribution is -2.42. The van der Waals surface area contributed by atoms with Crippen LogP contribution in [0.4, 0.5) is 10.6 Å². The van der Waals surface area contributed by atoms with Gasteiger partial charge in [0.2, 0.25) is 0 Å². The number of rotatable bonds is 1. The lowest BCUT2D eigenvalue weighted by molar-refractivity contribution is 0.0198. The molecule has 0 saturated carbocycles. The van der Waals surface area contributed by atoms with Gasteiger partial charge in [0.1, 0.15) is 11.4 Å². The number of carbonyl (C=O) groups is 1. The van der Waals surface area contributed by atoms with E-state index in [0.29, 0.717) is 0 Å². The summed E-state index contributed by atoms with van der Waals surface area (Å²) in [6.07, 6.45) is -10.4. The molecule has 1 fully saturated rings. The van der Waals surface area contributed by atoms with Crippen LogP contribution < -0.4 is 5.73 Å². The van der Waals surface area contributed by atoms with Gasteiger partial charge < -0.3 is 15.4 Å². The average Bonchev–Trinajstić information content (AvgIpc) is 2.55. The molecule has 5 nitrogen and oxygen atoms in total. The molecule has 1 aromatic rings. The van der Waals surface area contributed by atoms with Crippen LogP contribution in [0.5, 0.6) is 0 Å². The second-order valence-corrected chi connectivity index (χ2v) is 4.90. The number of aromatic nitrogens is 1. The van der Waals surface area contributed by atoms with E-state index in [0.717, 1.165) is 0 Å². The number of pyridine rings is 1. The number of anilines is 1. The largest absolute Gasteiger partial charge is 0.444 e. The monoisotopic (exact) mass is 289 g/mol. The molecule has 0 bridgehead atoms. The Hall–Kier alpha value is -1.78. The molecule has 1 aliphatic rings. The van der Waals surface area contributed by atoms with Gasteiger partial charge in [0, 0.05) is 34.7 Å². The molecule has 5 heteroatoms. The zero-order valence-electron chi connectivity index (χ0n) is 23.3. The van der Waals surface area contributed by atoms with Crippen molar-refractivity contribution in [3.8, 4) is 0 Å². The molecule has 1 atom stereocenters. The van der Waals surface area contributed by atoms with E-state index in [9.17, 15) is 4.79 Å². The molecule has 1 amide bonds. The third-order valence-corrected chi connectivity index (χ3v) is 2.01. The highest BCUT2D eigenvalue weighted by atomic mass is 16.6. The minimum Gasteiger partial charge on any atom is -0.444 e. The molecule has 2 rings (SSSR count). The SMILES string of the molecule is [2H]c1nc(N)c([2H])c([2H])c1C1([2H])C([2H])([2H])N(C(=O)OC(C)(C)C)C([2H])([2H])C([2H])([2H])C1([2H])[2H]. The number of nitrogens with zero attached hydrogens (tertiary/aromatic N) is 2. The molecule has 0 aromatic carbocycles. The summed E-state index contributed by atoms with van der Waals surface area (Å²) in [7, 11) is 0. The number of ether oxygens (including phenoxy) is 1. The Balaban J connectivity index is 3.01. The third-order valence-electron chi connectivity index (χ3n) is 2.01. The predicted octanol–water partition coefficient (Wildman–Crippen LogP) is 2.78. The second kappa shape index (κ2) is 5.69. The Morgan fingerprint density at radius 1 is 1.65 bits per heavy atom. The quantitative estimate of drug-likeness (QED) is 0.863. The summed E-state index contributed by atoms with van der Waals surface area (Å²) in [6.45, 7) is -3.28. The van der Waals surface area contributed by atoms with Crippen LogP contribution in [0.2, 0.25) is 0 Å². The molecule has 110 valence electrons. The Labute approximate surface area is 137 Å². The Bertz CT molecular complexity index is 962. The van der Waals surface area contributed by atoms with Gasteiger partial charge in [-0.3, -0.25) is 0 Å². The molecule has 0 spiro atoms. The van der Waals surface area contributed by atoms with Gasteiger partial charge in [-0.05, 0) is 45.1 Å². The first kappa shape index (κ1) is 5.54. The minimum absolute atomic E-state index is 0.363. The Morgan fingerprint density at radius 2 is 2.40 bits per heavy atom. The van der Waals surface area contributed by atoms with Crippen LogP contribution in [0.25, 0.3) is 0 Å². The molecule has 1 aliphatic heterocycles. The summed E-state index contributed by atoms with van der Waals surface area (Å²) in [4.78, 5) is 15.9. The predicted molar refractivity (Wildman–Crippen MR) is 78.4 cm³/mol. The topological polar surface area (TPSA) is 68.5 Å². The molecule has 1 aromatic heterocycles. The Morgan fingerprint density at radius 3 is 3.10 bits per heavy atom. The number of likely N-dealkylation sites (tertiary alicyclic amines) is 1. The standard InChI is InChI=1S/C15H23N3O2/c1-15(2,3)20-14(19)18-8-4-5-12(10-18)11-6-7-13(16)17-9-11/h6-7,9,12H,4-5,8,10H2,1-3H3,(H2,16,17)/i4D2,5D2,6D,7D,8D2,9D,10D2,12D. The molecule has 1 saturated heterocycles. The van der Waals surface area contributed by atoms with Gasteiger partial charge in [-0.1, -0.05) is 6.04 Å². The maximum atomic E-state index is 12.8. The van der Waals surface area contributed by atoms with Crippen molar-refractivity contribution in [1.82, 2.24) is 9.88 Å². The average molecular weight is 289 g/mol. The van der Waals surface area contributed by atoms with Gasteiger partial charge in [0.05, 0.1) is 6.85 Å². The van der Waals surface area contributed by atoms with Crippen molar-refractivity contribution in [2.24, 2.45) is 0 Å². The molecule has 2 N–H and O–H groups in total. The molecule has 1 unspecified atom stereocenters. The molecule has 0 aliphatic carbocycles. The first-order valence-electron chi connectivity index (χ1n) is 11.8. The Kier molecular flexibility index (Phi) is 1.58. The highest BCUT2D eigenvalue weighted by molar-refractivity contribution is 5.68. The maximum absolute atomic E-state index is 12.8. The number of amides is 1. The fraction of sp³-hybridized carbons (Fsp3) is 0.600. The summed E-state index contributed by atoms with van der Waals surface area (Å²) in [5, 5.41) is 0. The van der Waals surface area contributed by atoms with E-state index in [-0.39, 0.29) is 4.90 Å². The number of hydrogen-bond acceptors (Lipinski definition) is 4. The van der Waals surface area contributed by atoms with E-state index < -0.39 is 73.0 Å². The highest BCUT2D eigenvalue weighted by Gasteiger charge is 2.28. The van der Waals surface area contributed by atoms with Gasteiger partial charge in [-0.15, -0.1) is 0 Å². The van der Waals surface area contributed by atoms with Crippen molar-refractivity contribution in [2.45, 2.75) is 45.0 Å². The summed E-state index contributed by atoms with van der Waals surface area (Å²) < 4.78 is 104. The molecular weight excluding hydrogens is 254 g/mol. The summed E-state index contributed by atoms with van der Waals surface area (Å²) in [5.41, 5.74) is 2.97. The van der Waals surface area contributed by atoms with E-state index >= 15 is 0 Å². The first-order chi connectivity index (χ1) is 14.0. The smallest absolute Gasteiger partial charge is 0.410 e. The van der Waals surface area contributed by atoms with Crippen molar-refractivity contribution in [3.05, 3.63) is 23.8 Å². The van der Waals surface area contributed by atoms with E-state index in [1.807, 2.05) is 0 Å². The maximum Gasteiger partial charge on any atom is 0.410 e. The molecule has 20 heavy (non-hydrogen) atoms. The lowest BCUT2D eigenvalue weighted by Gasteiger charge is -2.34. The van der Waals surface area contributed by atoms with E-state index in [2.05, 4.69) is 4.98 Å². The van der Waals surface area contributed by atoms with Crippen molar-refractivity contribution >= 4 is 11.9 Å². The number of carbonyl (C=O) groups excluding carboxylic acids is 1. The lowest BCUT2D eigenvalue weighted by atomic mass is 9.92. The summed E-state index contributed by atoms with van der Waals surface area (Å²) in [5.74, 6) is -4.27. The molecule has 0 radical (unpaired) electrons. The van der Waals surface area contributed by atoms with Gasteiger partial charge in [0.15, 0.2) is 0 Å². The molecule has 2 heterocycles. The molecular formula is C15H23N3O2. The van der Waals surface area contributed by atoms with Crippen LogP contribution in [0, 0.1) is 0 Å². The van der Waals surface area contributed by atoms with Gasteiger partial charge in [-0.25, -0.2) is 9.78 Å². The highest BCUT2D eigenvalue weighted by Crippen LogP contribution is 2.27. The van der Waals surface area contributed by atoms with Crippen LogP contribution in [0.15, 0.2) is 18.3 Å². The van der Waals surface area contributed by atoms with Crippen LogP contribution in [-0.2, 0) is 4.74 Å². The zero-order valence-corrected chi connectivity index (χ0v) is 11.3. The van der Waals surface area contributed by atoms with Crippen molar-refractivity contribution in [1.29, 1.82) is 0 Å². The zero-order chi connectivity index (χ0) is 25.5. The fourth-order valence-corrected chi connectivity index (χ4v) is 1.25. The van der Waals surface area contributed by atoms with Gasteiger partial charge >= 0.3 is 6.09 Å². The van der Waals surface area contributed by atoms with Crippen LogP contribution in [0.3, 0.4) is 0 Å². The normalized spacial score (nSPS) is 42.2. The summed E-state index contributed by atoms with van der Waals surface area (Å²) in [6, 6.07) is -1.94. The third kappa shape index (κ3) is 3.85. The number of nitrogens with two attached hydrogens (primary N) is 1. The number of piperidine rings is 1. The fourth-order valence-electron chi connectivity index (χ4n) is 1.25. The van der Waals surface area contributed by atoms with Crippen molar-refractivity contribution < 1.29 is 26.0 Å². The second-order valence-electron chi connectivity index (χ2n) is 4.90. The van der Waals surface area contributed by atoms with Crippen LogP contribution in [0.1, 0.15) is 61.4 Å². The van der Waals surface area contributed by atoms with Crippen molar-refractivity contribution in [2.75, 3.05) is 18.7 Å². The summed E-state index contributed by atoms with van der Waals surface area (Å²) >= 11 is 0. The number of nitrogen functional groups attached to an aromatic ring is 1. The minimum atomic E-state index is -3.79. The van der Waals surface area contributed by atoms with E-state index in [4.69, 9.17) is 26.9 Å². The van der Waals surface area contributed by atoms with Gasteiger partial charge in [0.25, 0.3) is 0 Å².